The number of nitrogens with two attached hydrogens (primary N) is 1. The molecule has 3 N–H and O–H groups in total. The first kappa shape index (κ1) is 15.3. The summed E-state index contributed by atoms with van der Waals surface area (Å²) in [6, 6.07) is 7.66. The van der Waals surface area contributed by atoms with E-state index in [1.165, 1.54) is 0 Å². The highest BCUT2D eigenvalue weighted by molar-refractivity contribution is 6.30. The molecular formula is C13H18Cl2N2O. The Balaban J connectivity index is 0.00000162. The summed E-state index contributed by atoms with van der Waals surface area (Å²) < 4.78 is 0. The van der Waals surface area contributed by atoms with E-state index < -0.39 is 5.54 Å². The van der Waals surface area contributed by atoms with E-state index >= 15 is 0 Å². The lowest BCUT2D eigenvalue weighted by Crippen LogP contribution is -2.58. The first-order valence-corrected chi connectivity index (χ1v) is 6.30. The van der Waals surface area contributed by atoms with E-state index in [2.05, 4.69) is 5.32 Å². The number of halogens is 2. The number of rotatable bonds is 4. The number of hydrogen-bond donors (Lipinski definition) is 2. The van der Waals surface area contributed by atoms with Crippen molar-refractivity contribution in [1.82, 2.24) is 5.32 Å². The molecule has 0 spiro atoms. The third kappa shape index (κ3) is 3.61. The van der Waals surface area contributed by atoms with Crippen molar-refractivity contribution in [2.24, 2.45) is 5.73 Å². The Labute approximate surface area is 118 Å². The molecule has 5 heteroatoms. The van der Waals surface area contributed by atoms with Gasteiger partial charge in [0.05, 0.1) is 5.54 Å². The van der Waals surface area contributed by atoms with Gasteiger partial charge in [-0.2, -0.15) is 0 Å². The van der Waals surface area contributed by atoms with E-state index in [4.69, 9.17) is 17.3 Å². The monoisotopic (exact) mass is 288 g/mol. The molecule has 0 unspecified atom stereocenters. The van der Waals surface area contributed by atoms with E-state index in [0.29, 0.717) is 6.54 Å². The molecule has 1 aromatic rings. The fourth-order valence-corrected chi connectivity index (χ4v) is 2.19. The highest BCUT2D eigenvalue weighted by Crippen LogP contribution is 2.28. The Kier molecular flexibility index (Phi) is 5.45. The number of nitrogens with one attached hydrogen (secondary N) is 1. The number of hydrogen-bond acceptors (Lipinski definition) is 2. The van der Waals surface area contributed by atoms with Gasteiger partial charge in [0.25, 0.3) is 0 Å². The Hall–Kier alpha value is -0.770. The van der Waals surface area contributed by atoms with Crippen molar-refractivity contribution in [2.75, 3.05) is 6.54 Å². The van der Waals surface area contributed by atoms with Crippen LogP contribution >= 0.6 is 24.0 Å². The van der Waals surface area contributed by atoms with Gasteiger partial charge in [0.2, 0.25) is 5.91 Å². The van der Waals surface area contributed by atoms with Crippen molar-refractivity contribution < 1.29 is 4.79 Å². The second kappa shape index (κ2) is 6.41. The number of carbonyl (C=O) groups is 1. The summed E-state index contributed by atoms with van der Waals surface area (Å²) in [7, 11) is 0. The first-order valence-electron chi connectivity index (χ1n) is 5.92. The standard InChI is InChI=1S/C13H17ClN2O.ClH/c14-11-4-1-3-10(9-11)5-8-16-12(17)13(15)6-2-7-13;/h1,3-4,9H,2,5-8,15H2,(H,16,17);1H. The van der Waals surface area contributed by atoms with E-state index in [1.54, 1.807) is 0 Å². The van der Waals surface area contributed by atoms with Gasteiger partial charge in [-0.05, 0) is 43.4 Å². The molecule has 0 heterocycles. The van der Waals surface area contributed by atoms with Gasteiger partial charge in [0, 0.05) is 11.6 Å². The van der Waals surface area contributed by atoms with Crippen LogP contribution in [0.1, 0.15) is 24.8 Å². The predicted octanol–water partition coefficient (Wildman–Crippen LogP) is 2.30. The molecule has 0 bridgehead atoms. The van der Waals surface area contributed by atoms with Crippen molar-refractivity contribution in [3.63, 3.8) is 0 Å². The summed E-state index contributed by atoms with van der Waals surface area (Å²) in [4.78, 5) is 11.7. The first-order chi connectivity index (χ1) is 8.10. The summed E-state index contributed by atoms with van der Waals surface area (Å²) >= 11 is 5.88. The summed E-state index contributed by atoms with van der Waals surface area (Å²) in [5.41, 5.74) is 6.44. The molecule has 3 nitrogen and oxygen atoms in total. The van der Waals surface area contributed by atoms with Gasteiger partial charge in [-0.3, -0.25) is 4.79 Å². The van der Waals surface area contributed by atoms with E-state index in [9.17, 15) is 4.79 Å². The van der Waals surface area contributed by atoms with Crippen LogP contribution in [0.3, 0.4) is 0 Å². The summed E-state index contributed by atoms with van der Waals surface area (Å²) in [6.45, 7) is 0.609. The average Bonchev–Trinajstić information content (AvgIpc) is 2.26. The van der Waals surface area contributed by atoms with Crippen molar-refractivity contribution in [3.05, 3.63) is 34.9 Å². The molecule has 2 rings (SSSR count). The van der Waals surface area contributed by atoms with Gasteiger partial charge >= 0.3 is 0 Å². The molecule has 1 saturated carbocycles. The van der Waals surface area contributed by atoms with E-state index in [0.717, 1.165) is 36.3 Å². The molecule has 1 aliphatic rings. The molecule has 100 valence electrons. The van der Waals surface area contributed by atoms with Gasteiger partial charge in [-0.25, -0.2) is 0 Å². The Morgan fingerprint density at radius 2 is 2.17 bits per heavy atom. The zero-order valence-electron chi connectivity index (χ0n) is 10.1. The maximum Gasteiger partial charge on any atom is 0.240 e. The molecular weight excluding hydrogens is 271 g/mol. The molecule has 0 atom stereocenters. The number of carbonyl (C=O) groups excluding carboxylic acids is 1. The molecule has 0 saturated heterocycles. The number of benzene rings is 1. The van der Waals surface area contributed by atoms with Crippen LogP contribution in [0.5, 0.6) is 0 Å². The third-order valence-electron chi connectivity index (χ3n) is 3.29. The van der Waals surface area contributed by atoms with Crippen molar-refractivity contribution in [1.29, 1.82) is 0 Å². The normalized spacial score (nSPS) is 16.3. The molecule has 1 aliphatic carbocycles. The average molecular weight is 289 g/mol. The summed E-state index contributed by atoms with van der Waals surface area (Å²) in [5, 5.41) is 3.61. The minimum Gasteiger partial charge on any atom is -0.354 e. The highest BCUT2D eigenvalue weighted by Gasteiger charge is 2.39. The van der Waals surface area contributed by atoms with Crippen LogP contribution in [0, 0.1) is 0 Å². The maximum atomic E-state index is 11.7. The van der Waals surface area contributed by atoms with Crippen LogP contribution < -0.4 is 11.1 Å². The second-order valence-electron chi connectivity index (χ2n) is 4.65. The minimum absolute atomic E-state index is 0. The summed E-state index contributed by atoms with van der Waals surface area (Å²) in [5.74, 6) is -0.0224. The van der Waals surface area contributed by atoms with E-state index in [-0.39, 0.29) is 18.3 Å². The topological polar surface area (TPSA) is 55.1 Å². The van der Waals surface area contributed by atoms with Crippen molar-refractivity contribution >= 4 is 29.9 Å². The van der Waals surface area contributed by atoms with Crippen LogP contribution in [0.15, 0.2) is 24.3 Å². The van der Waals surface area contributed by atoms with Gasteiger partial charge < -0.3 is 11.1 Å². The smallest absolute Gasteiger partial charge is 0.240 e. The lowest BCUT2D eigenvalue weighted by Gasteiger charge is -2.36. The lowest BCUT2D eigenvalue weighted by atomic mass is 9.77. The van der Waals surface area contributed by atoms with Crippen LogP contribution in [-0.2, 0) is 11.2 Å². The molecule has 18 heavy (non-hydrogen) atoms. The van der Waals surface area contributed by atoms with Crippen LogP contribution in [-0.4, -0.2) is 18.0 Å². The molecule has 0 aliphatic heterocycles. The van der Waals surface area contributed by atoms with Crippen molar-refractivity contribution in [3.8, 4) is 0 Å². The number of amides is 1. The molecule has 1 amide bonds. The molecule has 1 aromatic carbocycles. The quantitative estimate of drug-likeness (QED) is 0.893. The fourth-order valence-electron chi connectivity index (χ4n) is 1.97. The van der Waals surface area contributed by atoms with Gasteiger partial charge in [-0.1, -0.05) is 23.7 Å². The fraction of sp³-hybridized carbons (Fsp3) is 0.462. The van der Waals surface area contributed by atoms with Crippen LogP contribution in [0.4, 0.5) is 0 Å². The van der Waals surface area contributed by atoms with Crippen molar-refractivity contribution in [2.45, 2.75) is 31.2 Å². The summed E-state index contributed by atoms with van der Waals surface area (Å²) in [6.07, 6.45) is 3.44. The Morgan fingerprint density at radius 1 is 1.44 bits per heavy atom. The molecule has 1 fully saturated rings. The molecule has 0 radical (unpaired) electrons. The van der Waals surface area contributed by atoms with Gasteiger partial charge in [-0.15, -0.1) is 12.4 Å². The third-order valence-corrected chi connectivity index (χ3v) is 3.52. The van der Waals surface area contributed by atoms with E-state index in [1.807, 2.05) is 24.3 Å². The zero-order chi connectivity index (χ0) is 12.3. The Morgan fingerprint density at radius 3 is 2.72 bits per heavy atom. The molecule has 0 aromatic heterocycles. The van der Waals surface area contributed by atoms with Gasteiger partial charge in [0.1, 0.15) is 0 Å². The maximum absolute atomic E-state index is 11.7. The second-order valence-corrected chi connectivity index (χ2v) is 5.08. The SMILES string of the molecule is Cl.NC1(C(=O)NCCc2cccc(Cl)c2)CCC1. The zero-order valence-corrected chi connectivity index (χ0v) is 11.7. The minimum atomic E-state index is -0.603. The van der Waals surface area contributed by atoms with Crippen LogP contribution in [0.2, 0.25) is 5.02 Å². The van der Waals surface area contributed by atoms with Crippen LogP contribution in [0.25, 0.3) is 0 Å². The van der Waals surface area contributed by atoms with Gasteiger partial charge in [0.15, 0.2) is 0 Å². The lowest BCUT2D eigenvalue weighted by molar-refractivity contribution is -0.129. The predicted molar refractivity (Wildman–Crippen MR) is 76.2 cm³/mol. The highest BCUT2D eigenvalue weighted by atomic mass is 35.5. The largest absolute Gasteiger partial charge is 0.354 e. The Bertz CT molecular complexity index is 419.